The first-order valence-corrected chi connectivity index (χ1v) is 12.5. The van der Waals surface area contributed by atoms with Gasteiger partial charge in [0.1, 0.15) is 11.2 Å². The number of amides is 2. The number of rotatable bonds is 6. The normalized spacial score (nSPS) is 26.1. The van der Waals surface area contributed by atoms with Gasteiger partial charge in [0.15, 0.2) is 0 Å². The lowest BCUT2D eigenvalue weighted by Gasteiger charge is -2.37. The summed E-state index contributed by atoms with van der Waals surface area (Å²) in [4.78, 5) is 27.5. The van der Waals surface area contributed by atoms with Crippen LogP contribution in [0.2, 0.25) is 10.0 Å². The molecule has 2 heterocycles. The van der Waals surface area contributed by atoms with Gasteiger partial charge >= 0.3 is 0 Å². The van der Waals surface area contributed by atoms with Crippen molar-refractivity contribution in [1.82, 2.24) is 10.6 Å². The molecule has 1 fully saturated rings. The molecule has 0 unspecified atom stereocenters. The molecular weight excluding hydrogens is 508 g/mol. The minimum atomic E-state index is -1.35. The quantitative estimate of drug-likeness (QED) is 0.388. The number of fused-ring (bicyclic) bond motifs is 2. The summed E-state index contributed by atoms with van der Waals surface area (Å²) in [5.41, 5.74) is -0.151. The van der Waals surface area contributed by atoms with E-state index in [1.165, 1.54) is 12.1 Å². The van der Waals surface area contributed by atoms with Crippen LogP contribution < -0.4 is 16.0 Å². The third kappa shape index (κ3) is 4.73. The van der Waals surface area contributed by atoms with Crippen molar-refractivity contribution in [2.75, 3.05) is 18.5 Å². The van der Waals surface area contributed by atoms with Gasteiger partial charge in [-0.3, -0.25) is 9.59 Å². The van der Waals surface area contributed by atoms with E-state index >= 15 is 0 Å². The summed E-state index contributed by atoms with van der Waals surface area (Å²) < 4.78 is 14.9. The van der Waals surface area contributed by atoms with Gasteiger partial charge in [0.25, 0.3) is 0 Å². The van der Waals surface area contributed by atoms with Crippen LogP contribution in [0.3, 0.4) is 0 Å². The van der Waals surface area contributed by atoms with Crippen molar-refractivity contribution in [3.63, 3.8) is 0 Å². The predicted molar refractivity (Wildman–Crippen MR) is 137 cm³/mol. The van der Waals surface area contributed by atoms with Crippen molar-refractivity contribution < 1.29 is 24.2 Å². The number of anilines is 1. The number of aliphatic hydroxyl groups excluding tert-OH is 2. The van der Waals surface area contributed by atoms with E-state index in [-0.39, 0.29) is 22.9 Å². The second kappa shape index (κ2) is 9.91. The predicted octanol–water partition coefficient (Wildman–Crippen LogP) is 3.35. The summed E-state index contributed by atoms with van der Waals surface area (Å²) in [6.45, 7) is 5.40. The molecule has 194 valence electrons. The van der Waals surface area contributed by atoms with E-state index < -0.39 is 47.9 Å². The van der Waals surface area contributed by atoms with Crippen LogP contribution in [-0.2, 0) is 15.0 Å². The largest absolute Gasteiger partial charge is 0.394 e. The standard InChI is InChI=1S/C26H30Cl2FN3O4/c1-25(2,3)10-20-26(16-8-18(29)17(28)9-19(16)31-24(26)36)21(13-5-4-6-14(27)7-13)22(32-20)23(35)30-11-15(34)12-33/h4-9,15,20-22,32-34H,10-12H2,1-3H3,(H,30,35)(H,31,36)/t15-,20+,21-,22+,26+/m0/s1. The molecule has 5 atom stereocenters. The molecule has 2 aliphatic heterocycles. The maximum Gasteiger partial charge on any atom is 0.237 e. The molecule has 7 nitrogen and oxygen atoms in total. The van der Waals surface area contributed by atoms with Gasteiger partial charge in [-0.1, -0.05) is 56.1 Å². The number of hydrogen-bond acceptors (Lipinski definition) is 5. The summed E-state index contributed by atoms with van der Waals surface area (Å²) in [5.74, 6) is -2.25. The lowest BCUT2D eigenvalue weighted by molar-refractivity contribution is -0.124. The fourth-order valence-corrected chi connectivity index (χ4v) is 5.89. The lowest BCUT2D eigenvalue weighted by Crippen LogP contribution is -2.49. The average molecular weight is 538 g/mol. The highest BCUT2D eigenvalue weighted by Gasteiger charge is 2.65. The van der Waals surface area contributed by atoms with Gasteiger partial charge in [-0.2, -0.15) is 0 Å². The third-order valence-electron chi connectivity index (χ3n) is 6.91. The van der Waals surface area contributed by atoms with Crippen LogP contribution in [0.5, 0.6) is 0 Å². The van der Waals surface area contributed by atoms with Crippen molar-refractivity contribution in [3.05, 3.63) is 63.4 Å². The molecular formula is C26H30Cl2FN3O4. The van der Waals surface area contributed by atoms with Crippen LogP contribution >= 0.6 is 23.2 Å². The number of aliphatic hydroxyl groups is 2. The van der Waals surface area contributed by atoms with Gasteiger partial charge in [-0.15, -0.1) is 0 Å². The minimum Gasteiger partial charge on any atom is -0.394 e. The van der Waals surface area contributed by atoms with E-state index in [1.54, 1.807) is 24.3 Å². The Morgan fingerprint density at radius 3 is 2.61 bits per heavy atom. The van der Waals surface area contributed by atoms with E-state index in [0.29, 0.717) is 28.3 Å². The second-order valence-electron chi connectivity index (χ2n) is 10.7. The van der Waals surface area contributed by atoms with Gasteiger partial charge in [0.2, 0.25) is 11.8 Å². The second-order valence-corrected chi connectivity index (χ2v) is 11.6. The van der Waals surface area contributed by atoms with Crippen molar-refractivity contribution in [2.24, 2.45) is 5.41 Å². The molecule has 2 aromatic carbocycles. The Morgan fingerprint density at radius 2 is 1.97 bits per heavy atom. The summed E-state index contributed by atoms with van der Waals surface area (Å²) in [5, 5.41) is 28.2. The molecule has 36 heavy (non-hydrogen) atoms. The summed E-state index contributed by atoms with van der Waals surface area (Å²) in [7, 11) is 0. The fraction of sp³-hybridized carbons (Fsp3) is 0.462. The van der Waals surface area contributed by atoms with Gasteiger partial charge in [-0.05, 0) is 47.2 Å². The molecule has 0 radical (unpaired) electrons. The summed E-state index contributed by atoms with van der Waals surface area (Å²) >= 11 is 12.4. The Bertz CT molecular complexity index is 1190. The lowest BCUT2D eigenvalue weighted by atomic mass is 9.62. The highest BCUT2D eigenvalue weighted by molar-refractivity contribution is 6.31. The zero-order valence-corrected chi connectivity index (χ0v) is 21.8. The molecule has 1 spiro atoms. The van der Waals surface area contributed by atoms with E-state index in [4.69, 9.17) is 23.2 Å². The Balaban J connectivity index is 1.94. The maximum absolute atomic E-state index is 14.9. The van der Waals surface area contributed by atoms with Crippen molar-refractivity contribution in [1.29, 1.82) is 0 Å². The van der Waals surface area contributed by atoms with Crippen molar-refractivity contribution in [2.45, 2.75) is 56.7 Å². The van der Waals surface area contributed by atoms with Gasteiger partial charge in [0.05, 0.1) is 23.8 Å². The molecule has 0 bridgehead atoms. The third-order valence-corrected chi connectivity index (χ3v) is 7.44. The van der Waals surface area contributed by atoms with Gasteiger partial charge in [-0.25, -0.2) is 4.39 Å². The summed E-state index contributed by atoms with van der Waals surface area (Å²) in [6.07, 6.45) is -0.643. The van der Waals surface area contributed by atoms with E-state index in [2.05, 4.69) is 16.0 Å². The Hall–Kier alpha value is -2.23. The summed E-state index contributed by atoms with van der Waals surface area (Å²) in [6, 6.07) is 8.13. The topological polar surface area (TPSA) is 111 Å². The van der Waals surface area contributed by atoms with Gasteiger partial charge in [0, 0.05) is 29.2 Å². The molecule has 5 N–H and O–H groups in total. The van der Waals surface area contributed by atoms with Crippen molar-refractivity contribution >= 4 is 40.7 Å². The molecule has 1 saturated heterocycles. The van der Waals surface area contributed by atoms with Crippen LogP contribution in [0.4, 0.5) is 10.1 Å². The molecule has 2 amide bonds. The SMILES string of the molecule is CC(C)(C)C[C@H]1N[C@@H](C(=O)NC[C@H](O)CO)[C@H](c2cccc(Cl)c2)[C@]12C(=O)Nc1cc(Cl)c(F)cc12. The number of hydrogen-bond donors (Lipinski definition) is 5. The monoisotopic (exact) mass is 537 g/mol. The van der Waals surface area contributed by atoms with Crippen molar-refractivity contribution in [3.8, 4) is 0 Å². The number of nitrogens with one attached hydrogen (secondary N) is 3. The van der Waals surface area contributed by atoms with Crippen LogP contribution in [0, 0.1) is 11.2 Å². The molecule has 2 aromatic rings. The molecule has 2 aliphatic rings. The van der Waals surface area contributed by atoms with Crippen LogP contribution in [-0.4, -0.2) is 53.4 Å². The molecule has 0 aliphatic carbocycles. The van der Waals surface area contributed by atoms with Crippen LogP contribution in [0.15, 0.2) is 36.4 Å². The molecule has 0 aromatic heterocycles. The Morgan fingerprint density at radius 1 is 1.25 bits per heavy atom. The minimum absolute atomic E-state index is 0.115. The number of carbonyl (C=O) groups excluding carboxylic acids is 2. The first-order valence-electron chi connectivity index (χ1n) is 11.8. The zero-order valence-electron chi connectivity index (χ0n) is 20.2. The first kappa shape index (κ1) is 26.8. The molecule has 10 heteroatoms. The van der Waals surface area contributed by atoms with E-state index in [1.807, 2.05) is 20.8 Å². The fourth-order valence-electron chi connectivity index (χ4n) is 5.53. The average Bonchev–Trinajstić information content (AvgIpc) is 3.26. The van der Waals surface area contributed by atoms with E-state index in [0.717, 1.165) is 0 Å². The Labute approximate surface area is 219 Å². The number of carbonyl (C=O) groups is 2. The van der Waals surface area contributed by atoms with E-state index in [9.17, 15) is 24.2 Å². The molecule has 0 saturated carbocycles. The highest BCUT2D eigenvalue weighted by Crippen LogP contribution is 2.57. The number of halogens is 3. The van der Waals surface area contributed by atoms with Crippen LogP contribution in [0.25, 0.3) is 0 Å². The first-order chi connectivity index (χ1) is 16.9. The highest BCUT2D eigenvalue weighted by atomic mass is 35.5. The van der Waals surface area contributed by atoms with Gasteiger partial charge < -0.3 is 26.2 Å². The maximum atomic E-state index is 14.9. The molecule has 4 rings (SSSR count). The zero-order chi connectivity index (χ0) is 26.4. The smallest absolute Gasteiger partial charge is 0.237 e. The Kier molecular flexibility index (Phi) is 7.38. The van der Waals surface area contributed by atoms with Crippen LogP contribution in [0.1, 0.15) is 44.2 Å². The number of benzene rings is 2.